The fourth-order valence-corrected chi connectivity index (χ4v) is 8.14. The van der Waals surface area contributed by atoms with Crippen molar-refractivity contribution in [2.45, 2.75) is 37.8 Å². The summed E-state index contributed by atoms with van der Waals surface area (Å²) in [6.45, 7) is 2.20. The number of nitrogen functional groups attached to an aromatic ring is 2. The lowest BCUT2D eigenvalue weighted by molar-refractivity contribution is 0.0941. The largest absolute Gasteiger partial charge is 0.491 e. The number of carbonyl (C=O) groups excluding carboxylic acids is 2. The molecular weight excluding hydrogens is 692 g/mol. The minimum atomic E-state index is -0.411. The van der Waals surface area contributed by atoms with E-state index in [0.29, 0.717) is 52.4 Å². The van der Waals surface area contributed by atoms with Gasteiger partial charge in [0.25, 0.3) is 11.8 Å². The Bertz CT molecular complexity index is 2500. The van der Waals surface area contributed by atoms with Crippen LogP contribution >= 0.6 is 0 Å². The number of aromatic nitrogens is 8. The third-order valence-corrected chi connectivity index (χ3v) is 10.6. The molecule has 4 aliphatic rings. The third kappa shape index (κ3) is 5.07. The number of amides is 2. The fourth-order valence-electron chi connectivity index (χ4n) is 8.14. The number of anilines is 4. The Morgan fingerprint density at radius 1 is 0.778 bits per heavy atom. The molecule has 10 rings (SSSR count). The molecule has 0 saturated carbocycles. The molecule has 0 radical (unpaired) electrons. The molecule has 4 aliphatic heterocycles. The number of rotatable bonds is 1. The van der Waals surface area contributed by atoms with Crippen LogP contribution in [0, 0.1) is 0 Å². The third-order valence-electron chi connectivity index (χ3n) is 10.6. The normalized spacial score (nSPS) is 19.9. The molecule has 1 unspecified atom stereocenters. The lowest BCUT2D eigenvalue weighted by Gasteiger charge is -2.28. The molecule has 18 nitrogen and oxygen atoms in total. The Balaban J connectivity index is 1.13. The molecule has 2 fully saturated rings. The maximum Gasteiger partial charge on any atom is 0.259 e. The minimum Gasteiger partial charge on any atom is -0.491 e. The summed E-state index contributed by atoms with van der Waals surface area (Å²) in [5, 5.41) is 14.8. The highest BCUT2D eigenvalue weighted by atomic mass is 16.5. The van der Waals surface area contributed by atoms with Gasteiger partial charge in [-0.2, -0.15) is 0 Å². The van der Waals surface area contributed by atoms with Gasteiger partial charge in [0, 0.05) is 43.3 Å². The maximum atomic E-state index is 13.7. The fraction of sp³-hybridized carbons (Fsp3) is 0.333. The Kier molecular flexibility index (Phi) is 7.37. The Morgan fingerprint density at radius 3 is 2.33 bits per heavy atom. The van der Waals surface area contributed by atoms with Gasteiger partial charge in [0.05, 0.1) is 42.1 Å². The van der Waals surface area contributed by atoms with Crippen LogP contribution in [0.25, 0.3) is 22.6 Å². The second-order valence-corrected chi connectivity index (χ2v) is 13.7. The first-order valence-corrected chi connectivity index (χ1v) is 18.1. The Morgan fingerprint density at radius 2 is 1.50 bits per heavy atom. The standard InChI is InChI=1S/C36H36N14O4/c37-30-28-32-43-26(8-14-49(32)45-30)48-13-2-4-23(48)21-6-5-19(36(42-21)54-16-11-41-34(28)51)24-17-27-44-33-29(31(38)46-50(24)33)35(52)40-10-15-53-25-7-9-39-18-20(25)22-3-1-12-47(22)27/h5-9,14,17-18,22-23H,1-4,10-13,15-16H2,(H2,37,45)(H2,38,46)(H,40,52)(H,41,51)/t22-,23?/m1/s1. The first-order valence-electron chi connectivity index (χ1n) is 18.1. The van der Waals surface area contributed by atoms with Crippen molar-refractivity contribution < 1.29 is 19.1 Å². The minimum absolute atomic E-state index is 0.0359. The second-order valence-electron chi connectivity index (χ2n) is 13.7. The zero-order chi connectivity index (χ0) is 36.5. The first-order chi connectivity index (χ1) is 26.4. The quantitative estimate of drug-likeness (QED) is 0.191. The summed E-state index contributed by atoms with van der Waals surface area (Å²) in [5.41, 5.74) is 16.7. The molecule has 18 heteroatoms. The zero-order valence-corrected chi connectivity index (χ0v) is 29.1. The van der Waals surface area contributed by atoms with Crippen molar-refractivity contribution in [3.05, 3.63) is 71.3 Å². The summed E-state index contributed by atoms with van der Waals surface area (Å²) < 4.78 is 15.7. The van der Waals surface area contributed by atoms with Gasteiger partial charge in [-0.1, -0.05) is 0 Å². The topological polar surface area (TPSA) is 221 Å². The highest BCUT2D eigenvalue weighted by molar-refractivity contribution is 6.05. The average Bonchev–Trinajstić information content (AvgIpc) is 3.98. The summed E-state index contributed by atoms with van der Waals surface area (Å²) in [6.07, 6.45) is 8.84. The van der Waals surface area contributed by atoms with E-state index in [1.807, 2.05) is 36.5 Å². The zero-order valence-electron chi connectivity index (χ0n) is 29.1. The number of ether oxygens (including phenoxy) is 2. The number of nitrogens with zero attached hydrogens (tertiary/aromatic N) is 10. The summed E-state index contributed by atoms with van der Waals surface area (Å²) in [6, 6.07) is 9.43. The van der Waals surface area contributed by atoms with E-state index in [1.165, 1.54) is 4.52 Å². The van der Waals surface area contributed by atoms with Crippen LogP contribution in [0.3, 0.4) is 0 Å². The van der Waals surface area contributed by atoms with Gasteiger partial charge in [0.2, 0.25) is 5.88 Å². The molecule has 6 N–H and O–H groups in total. The molecule has 10 heterocycles. The van der Waals surface area contributed by atoms with E-state index < -0.39 is 11.8 Å². The van der Waals surface area contributed by atoms with Gasteiger partial charge < -0.3 is 41.4 Å². The first kappa shape index (κ1) is 32.0. The van der Waals surface area contributed by atoms with Crippen LogP contribution in [-0.2, 0) is 0 Å². The number of nitrogens with one attached hydrogen (secondary N) is 2. The molecule has 6 aromatic rings. The van der Waals surface area contributed by atoms with Gasteiger partial charge >= 0.3 is 0 Å². The van der Waals surface area contributed by atoms with Crippen LogP contribution in [0.5, 0.6) is 11.6 Å². The van der Waals surface area contributed by atoms with Crippen LogP contribution in [-0.4, -0.2) is 90.4 Å². The molecule has 2 atom stereocenters. The van der Waals surface area contributed by atoms with Crippen LogP contribution in [0.15, 0.2) is 48.9 Å². The van der Waals surface area contributed by atoms with Crippen molar-refractivity contribution in [2.75, 3.05) is 60.7 Å². The number of fused-ring (bicyclic) bond motifs is 11. The van der Waals surface area contributed by atoms with Crippen LogP contribution in [0.1, 0.15) is 69.7 Å². The molecule has 2 saturated heterocycles. The number of hydrogen-bond donors (Lipinski definition) is 4. The van der Waals surface area contributed by atoms with Gasteiger partial charge in [-0.3, -0.25) is 14.6 Å². The predicted molar refractivity (Wildman–Crippen MR) is 197 cm³/mol. The van der Waals surface area contributed by atoms with E-state index in [2.05, 4.69) is 35.6 Å². The molecule has 6 bridgehead atoms. The van der Waals surface area contributed by atoms with Crippen molar-refractivity contribution in [1.82, 2.24) is 49.8 Å². The van der Waals surface area contributed by atoms with E-state index in [9.17, 15) is 9.59 Å². The summed E-state index contributed by atoms with van der Waals surface area (Å²) in [4.78, 5) is 51.0. The smallest absolute Gasteiger partial charge is 0.259 e. The van der Waals surface area contributed by atoms with Crippen LogP contribution in [0.2, 0.25) is 0 Å². The Labute approximate surface area is 307 Å². The van der Waals surface area contributed by atoms with E-state index >= 15 is 0 Å². The van der Waals surface area contributed by atoms with E-state index in [4.69, 9.17) is 35.9 Å². The summed E-state index contributed by atoms with van der Waals surface area (Å²) in [5.74, 6) is 1.68. The van der Waals surface area contributed by atoms with Gasteiger partial charge in [-0.25, -0.2) is 24.0 Å². The number of carbonyl (C=O) groups is 2. The molecule has 2 amide bonds. The molecule has 0 aliphatic carbocycles. The monoisotopic (exact) mass is 728 g/mol. The van der Waals surface area contributed by atoms with Crippen molar-refractivity contribution in [2.24, 2.45) is 0 Å². The van der Waals surface area contributed by atoms with Gasteiger partial charge in [0.15, 0.2) is 22.9 Å². The maximum absolute atomic E-state index is 13.7. The molecule has 6 aromatic heterocycles. The van der Waals surface area contributed by atoms with Crippen molar-refractivity contribution >= 4 is 46.4 Å². The van der Waals surface area contributed by atoms with Crippen LogP contribution in [0.4, 0.5) is 23.3 Å². The average molecular weight is 729 g/mol. The highest BCUT2D eigenvalue weighted by Crippen LogP contribution is 2.43. The van der Waals surface area contributed by atoms with E-state index in [1.54, 1.807) is 16.9 Å². The Hall–Kier alpha value is -6.72. The summed E-state index contributed by atoms with van der Waals surface area (Å²) >= 11 is 0. The highest BCUT2D eigenvalue weighted by Gasteiger charge is 2.34. The van der Waals surface area contributed by atoms with Crippen molar-refractivity contribution in [3.8, 4) is 22.9 Å². The lowest BCUT2D eigenvalue weighted by Crippen LogP contribution is -2.30. The lowest BCUT2D eigenvalue weighted by atomic mass is 10.1. The van der Waals surface area contributed by atoms with Crippen molar-refractivity contribution in [3.63, 3.8) is 0 Å². The SMILES string of the molecule is Nc1nn2ccc3nc2c1C(=O)NCCOc1nc(ccc1-c1cc2nc4c(c(N)nn14)C(=O)NCCOc1ccncc1[C@H]1CCCN21)C1CCCN31. The van der Waals surface area contributed by atoms with E-state index in [0.717, 1.165) is 43.5 Å². The summed E-state index contributed by atoms with van der Waals surface area (Å²) in [7, 11) is 0. The van der Waals surface area contributed by atoms with Crippen molar-refractivity contribution in [1.29, 1.82) is 0 Å². The van der Waals surface area contributed by atoms with Crippen LogP contribution < -0.4 is 41.4 Å². The number of hydrogen-bond acceptors (Lipinski definition) is 14. The van der Waals surface area contributed by atoms with E-state index in [-0.39, 0.29) is 61.1 Å². The number of nitrogens with two attached hydrogens (primary N) is 2. The molecular formula is C36H36N14O4. The van der Waals surface area contributed by atoms with Gasteiger partial charge in [0.1, 0.15) is 41.7 Å². The molecule has 274 valence electrons. The van der Waals surface area contributed by atoms with Gasteiger partial charge in [-0.05, 0) is 49.9 Å². The number of pyridine rings is 2. The molecule has 0 spiro atoms. The predicted octanol–water partition coefficient (Wildman–Crippen LogP) is 2.32. The molecule has 54 heavy (non-hydrogen) atoms. The molecule has 0 aromatic carbocycles. The second kappa shape index (κ2) is 12.5. The van der Waals surface area contributed by atoms with Gasteiger partial charge in [-0.15, -0.1) is 10.2 Å².